The highest BCUT2D eigenvalue weighted by atomic mass is 35.5. The van der Waals surface area contributed by atoms with E-state index in [2.05, 4.69) is 9.97 Å². The molecule has 0 atom stereocenters. The van der Waals surface area contributed by atoms with Gasteiger partial charge in [0.15, 0.2) is 11.4 Å². The van der Waals surface area contributed by atoms with E-state index in [1.807, 2.05) is 10.6 Å². The first-order chi connectivity index (χ1) is 27.4. The highest BCUT2D eigenvalue weighted by Gasteiger charge is 2.41. The number of nitrogens with one attached hydrogen (secondary N) is 2. The maximum absolute atomic E-state index is 13.3. The first kappa shape index (κ1) is 50.2. The number of benzene rings is 2. The summed E-state index contributed by atoms with van der Waals surface area (Å²) in [5, 5.41) is 2.35. The molecule has 4 aromatic rings. The standard InChI is InChI=1S/C17H13ClF9N3O.C17H14F9N3O/c1-7(2)6-30-13(31)11(18)12(17(25,26)27)29-14(30)28-10-5-8(15(19,20)21)3-4-9(10)16(22,23)24;1-8(2)7-29-13(30)6-12(17(24,25)26)28-14(29)27-11-5-9(15(18,19)20)3-4-10(11)16(21,22)23/h3-5,7H,6H2,1-2H3,(H,28,29);3-6,8H,7H2,1-2H3,(H,27,28). The number of halogens is 19. The van der Waals surface area contributed by atoms with Crippen LogP contribution < -0.4 is 21.8 Å². The first-order valence-electron chi connectivity index (χ1n) is 16.6. The normalized spacial score (nSPS) is 13.1. The van der Waals surface area contributed by atoms with Gasteiger partial charge in [-0.05, 0) is 48.2 Å². The summed E-state index contributed by atoms with van der Waals surface area (Å²) in [7, 11) is 0. The van der Waals surface area contributed by atoms with Crippen molar-refractivity contribution in [3.8, 4) is 0 Å². The Morgan fingerprint density at radius 3 is 1.28 bits per heavy atom. The third-order valence-corrected chi connectivity index (χ3v) is 7.92. The quantitative estimate of drug-likeness (QED) is 0.171. The fraction of sp³-hybridized carbons (Fsp3) is 0.412. The fourth-order valence-corrected chi connectivity index (χ4v) is 5.27. The average molecular weight is 929 g/mol. The summed E-state index contributed by atoms with van der Waals surface area (Å²) in [4.78, 5) is 30.7. The second-order valence-corrected chi connectivity index (χ2v) is 13.9. The summed E-state index contributed by atoms with van der Waals surface area (Å²) in [5.74, 6) is -2.75. The van der Waals surface area contributed by atoms with Gasteiger partial charge < -0.3 is 10.6 Å². The number of hydrogen-bond acceptors (Lipinski definition) is 6. The van der Waals surface area contributed by atoms with E-state index in [0.717, 1.165) is 0 Å². The average Bonchev–Trinajstić information content (AvgIpc) is 3.06. The molecule has 8 nitrogen and oxygen atoms in total. The molecule has 0 bridgehead atoms. The Bertz CT molecular complexity index is 2320. The van der Waals surface area contributed by atoms with Crippen molar-refractivity contribution >= 4 is 34.9 Å². The minimum atomic E-state index is -5.25. The smallest absolute Gasteiger partial charge is 0.325 e. The molecule has 0 aliphatic heterocycles. The molecule has 0 spiro atoms. The van der Waals surface area contributed by atoms with E-state index in [9.17, 15) is 88.6 Å². The number of anilines is 4. The molecule has 61 heavy (non-hydrogen) atoms. The minimum absolute atomic E-state index is 0.0660. The molecule has 0 aliphatic rings. The van der Waals surface area contributed by atoms with Crippen molar-refractivity contribution in [2.24, 2.45) is 11.8 Å². The maximum Gasteiger partial charge on any atom is 0.435 e. The van der Waals surface area contributed by atoms with E-state index in [1.54, 1.807) is 13.8 Å². The van der Waals surface area contributed by atoms with Crippen molar-refractivity contribution in [2.75, 3.05) is 10.6 Å². The van der Waals surface area contributed by atoms with Gasteiger partial charge in [0, 0.05) is 19.2 Å². The zero-order valence-electron chi connectivity index (χ0n) is 30.9. The van der Waals surface area contributed by atoms with E-state index in [4.69, 9.17) is 11.6 Å². The van der Waals surface area contributed by atoms with Gasteiger partial charge in [-0.3, -0.25) is 18.7 Å². The van der Waals surface area contributed by atoms with Gasteiger partial charge in [0.05, 0.1) is 33.6 Å². The number of rotatable bonds is 8. The monoisotopic (exact) mass is 928 g/mol. The van der Waals surface area contributed by atoms with Gasteiger partial charge in [-0.25, -0.2) is 9.97 Å². The summed E-state index contributed by atoms with van der Waals surface area (Å²) < 4.78 is 237. The molecule has 338 valence electrons. The predicted molar refractivity (Wildman–Crippen MR) is 181 cm³/mol. The Morgan fingerprint density at radius 1 is 0.541 bits per heavy atom. The molecule has 0 radical (unpaired) electrons. The predicted octanol–water partition coefficient (Wildman–Crippen LogP) is 12.1. The SMILES string of the molecule is CC(C)Cn1c(Nc2cc(C(F)(F)F)ccc2C(F)(F)F)nc(C(F)(F)F)c(Cl)c1=O.CC(C)Cn1c(Nc2cc(C(F)(F)F)ccc2C(F)(F)F)nc(C(F)(F)F)cc1=O. The van der Waals surface area contributed by atoms with E-state index < -0.39 is 116 Å². The lowest BCUT2D eigenvalue weighted by atomic mass is 10.1. The molecular weight excluding hydrogens is 902 g/mol. The third kappa shape index (κ3) is 12.9. The molecule has 2 aromatic carbocycles. The number of hydrogen-bond donors (Lipinski definition) is 2. The van der Waals surface area contributed by atoms with Crippen LogP contribution in [0.2, 0.25) is 5.02 Å². The fourth-order valence-electron chi connectivity index (χ4n) is 5.02. The zero-order chi connectivity index (χ0) is 47.0. The molecule has 0 amide bonds. The first-order valence-corrected chi connectivity index (χ1v) is 17.0. The molecule has 0 fully saturated rings. The lowest BCUT2D eigenvalue weighted by Gasteiger charge is -2.21. The van der Waals surface area contributed by atoms with E-state index in [-0.39, 0.29) is 61.5 Å². The minimum Gasteiger partial charge on any atom is -0.325 e. The lowest BCUT2D eigenvalue weighted by molar-refractivity contribution is -0.142. The molecule has 4 rings (SSSR count). The summed E-state index contributed by atoms with van der Waals surface area (Å²) in [6, 6.07) is 0.941. The van der Waals surface area contributed by atoms with Crippen LogP contribution in [0.1, 0.15) is 61.3 Å². The third-order valence-electron chi connectivity index (χ3n) is 7.57. The summed E-state index contributed by atoms with van der Waals surface area (Å²) in [5.41, 5.74) is -14.8. The Labute approximate surface area is 335 Å². The van der Waals surface area contributed by atoms with Crippen LogP contribution in [0.15, 0.2) is 52.1 Å². The van der Waals surface area contributed by atoms with Gasteiger partial charge in [-0.2, -0.15) is 79.0 Å². The second-order valence-electron chi connectivity index (χ2n) is 13.5. The van der Waals surface area contributed by atoms with Gasteiger partial charge in [0.1, 0.15) is 5.02 Å². The Kier molecular flexibility index (Phi) is 14.5. The number of nitrogens with zero attached hydrogens (tertiary/aromatic N) is 4. The van der Waals surface area contributed by atoms with Crippen LogP contribution in [-0.2, 0) is 50.1 Å². The van der Waals surface area contributed by atoms with Crippen LogP contribution in [0.25, 0.3) is 0 Å². The molecule has 0 unspecified atom stereocenters. The summed E-state index contributed by atoms with van der Waals surface area (Å²) >= 11 is 5.46. The molecule has 27 heteroatoms. The molecule has 2 aromatic heterocycles. The van der Waals surface area contributed by atoms with Gasteiger partial charge in [0.2, 0.25) is 11.9 Å². The topological polar surface area (TPSA) is 93.8 Å². The Morgan fingerprint density at radius 2 is 0.934 bits per heavy atom. The van der Waals surface area contributed by atoms with Crippen molar-refractivity contribution in [3.63, 3.8) is 0 Å². The molecule has 0 aliphatic carbocycles. The van der Waals surface area contributed by atoms with Crippen LogP contribution in [0.4, 0.5) is 102 Å². The summed E-state index contributed by atoms with van der Waals surface area (Å²) in [6.07, 6.45) is -30.7. The molecular formula is C34H27ClF18N6O2. The highest BCUT2D eigenvalue weighted by Crippen LogP contribution is 2.42. The molecule has 0 saturated heterocycles. The molecule has 2 heterocycles. The van der Waals surface area contributed by atoms with Crippen molar-refractivity contribution < 1.29 is 79.0 Å². The van der Waals surface area contributed by atoms with Crippen molar-refractivity contribution in [3.05, 3.63) is 102 Å². The van der Waals surface area contributed by atoms with Crippen molar-refractivity contribution in [1.29, 1.82) is 0 Å². The summed E-state index contributed by atoms with van der Waals surface area (Å²) in [6.45, 7) is 5.64. The van der Waals surface area contributed by atoms with E-state index in [1.165, 1.54) is 13.8 Å². The Hall–Kier alpha value is -5.17. The van der Waals surface area contributed by atoms with Crippen LogP contribution in [-0.4, -0.2) is 19.1 Å². The van der Waals surface area contributed by atoms with Crippen LogP contribution in [0.3, 0.4) is 0 Å². The molecule has 0 saturated carbocycles. The zero-order valence-corrected chi connectivity index (χ0v) is 31.7. The van der Waals surface area contributed by atoms with Gasteiger partial charge in [-0.1, -0.05) is 39.3 Å². The van der Waals surface area contributed by atoms with Crippen molar-refractivity contribution in [1.82, 2.24) is 19.1 Å². The number of alkyl halides is 18. The molecule has 2 N–H and O–H groups in total. The van der Waals surface area contributed by atoms with E-state index >= 15 is 0 Å². The van der Waals surface area contributed by atoms with Crippen LogP contribution >= 0.6 is 11.6 Å². The van der Waals surface area contributed by atoms with Gasteiger partial charge in [0.25, 0.3) is 11.1 Å². The lowest BCUT2D eigenvalue weighted by Crippen LogP contribution is -2.30. The van der Waals surface area contributed by atoms with Crippen LogP contribution in [0, 0.1) is 11.8 Å². The van der Waals surface area contributed by atoms with E-state index in [0.29, 0.717) is 9.13 Å². The highest BCUT2D eigenvalue weighted by molar-refractivity contribution is 6.31. The largest absolute Gasteiger partial charge is 0.435 e. The maximum atomic E-state index is 13.3. The van der Waals surface area contributed by atoms with Gasteiger partial charge >= 0.3 is 37.1 Å². The van der Waals surface area contributed by atoms with Crippen molar-refractivity contribution in [2.45, 2.75) is 77.8 Å². The van der Waals surface area contributed by atoms with Gasteiger partial charge in [-0.15, -0.1) is 0 Å². The Balaban J connectivity index is 0.000000325. The van der Waals surface area contributed by atoms with Crippen LogP contribution in [0.5, 0.6) is 0 Å². The number of aromatic nitrogens is 4. The second kappa shape index (κ2) is 17.7.